The van der Waals surface area contributed by atoms with Crippen molar-refractivity contribution in [1.29, 1.82) is 0 Å². The van der Waals surface area contributed by atoms with Crippen LogP contribution in [0.1, 0.15) is 32.0 Å². The van der Waals surface area contributed by atoms with Gasteiger partial charge in [-0.3, -0.25) is 0 Å². The summed E-state index contributed by atoms with van der Waals surface area (Å²) in [5.74, 6) is 8.03. The molecule has 1 aromatic rings. The number of rotatable bonds is 4. The van der Waals surface area contributed by atoms with E-state index in [-0.39, 0.29) is 0 Å². The molecule has 1 unspecified atom stereocenters. The highest BCUT2D eigenvalue weighted by atomic mass is 32.2. The second-order valence-corrected chi connectivity index (χ2v) is 5.94. The second-order valence-electron chi connectivity index (χ2n) is 4.80. The molecule has 1 aromatic heterocycles. The molecule has 0 aromatic carbocycles. The van der Waals surface area contributed by atoms with E-state index in [2.05, 4.69) is 33.5 Å². The van der Waals surface area contributed by atoms with Gasteiger partial charge in [-0.1, -0.05) is 6.92 Å². The highest BCUT2D eigenvalue weighted by Gasteiger charge is 2.18. The Kier molecular flexibility index (Phi) is 5.27. The van der Waals surface area contributed by atoms with Gasteiger partial charge in [0.15, 0.2) is 0 Å². The molecule has 0 bridgehead atoms. The fourth-order valence-corrected chi connectivity index (χ4v) is 3.15. The quantitative estimate of drug-likeness (QED) is 0.650. The smallest absolute Gasteiger partial charge is 0.145 e. The van der Waals surface area contributed by atoms with Crippen LogP contribution in [0.3, 0.4) is 0 Å². The first-order valence-electron chi connectivity index (χ1n) is 6.89. The Labute approximate surface area is 119 Å². The van der Waals surface area contributed by atoms with Crippen LogP contribution in [-0.4, -0.2) is 34.6 Å². The maximum Gasteiger partial charge on any atom is 0.145 e. The zero-order valence-electron chi connectivity index (χ0n) is 11.7. The molecule has 1 fully saturated rings. The minimum absolute atomic E-state index is 0.701. The van der Waals surface area contributed by atoms with Crippen LogP contribution >= 0.6 is 11.8 Å². The Bertz CT molecular complexity index is 390. The highest BCUT2D eigenvalue weighted by molar-refractivity contribution is 7.99. The molecule has 1 aliphatic rings. The summed E-state index contributed by atoms with van der Waals surface area (Å²) in [5.41, 5.74) is 2.63. The van der Waals surface area contributed by atoms with Crippen molar-refractivity contribution in [1.82, 2.24) is 9.97 Å². The summed E-state index contributed by atoms with van der Waals surface area (Å²) < 4.78 is 0. The first kappa shape index (κ1) is 14.4. The van der Waals surface area contributed by atoms with E-state index in [1.165, 1.54) is 19.3 Å². The van der Waals surface area contributed by atoms with Crippen LogP contribution in [0, 0.1) is 0 Å². The molecule has 106 valence electrons. The largest absolute Gasteiger partial charge is 0.356 e. The van der Waals surface area contributed by atoms with Crippen molar-refractivity contribution >= 4 is 23.4 Å². The lowest BCUT2D eigenvalue weighted by atomic mass is 10.2. The van der Waals surface area contributed by atoms with Crippen molar-refractivity contribution in [3.05, 3.63) is 11.9 Å². The Morgan fingerprint density at radius 2 is 2.26 bits per heavy atom. The molecule has 6 heteroatoms. The minimum Gasteiger partial charge on any atom is -0.356 e. The molecule has 0 aliphatic carbocycles. The van der Waals surface area contributed by atoms with E-state index in [0.717, 1.165) is 36.4 Å². The highest BCUT2D eigenvalue weighted by Crippen LogP contribution is 2.24. The molecular weight excluding hydrogens is 258 g/mol. The van der Waals surface area contributed by atoms with Gasteiger partial charge >= 0.3 is 0 Å². The summed E-state index contributed by atoms with van der Waals surface area (Å²) in [7, 11) is 0. The fraction of sp³-hybridized carbons (Fsp3) is 0.692. The van der Waals surface area contributed by atoms with E-state index in [4.69, 9.17) is 5.84 Å². The monoisotopic (exact) mass is 281 g/mol. The molecule has 0 radical (unpaired) electrons. The predicted molar refractivity (Wildman–Crippen MR) is 82.6 cm³/mol. The van der Waals surface area contributed by atoms with Gasteiger partial charge in [0.05, 0.1) is 0 Å². The number of nitrogens with two attached hydrogens (primary N) is 1. The second kappa shape index (κ2) is 6.96. The normalized spacial score (nSPS) is 20.2. The van der Waals surface area contributed by atoms with E-state index in [0.29, 0.717) is 5.82 Å². The summed E-state index contributed by atoms with van der Waals surface area (Å²) in [6, 6.07) is 1.94. The molecule has 2 rings (SSSR count). The summed E-state index contributed by atoms with van der Waals surface area (Å²) in [4.78, 5) is 11.3. The SMILES string of the molecule is CCc1nc(NN)cc(N2CCCC(SC)CC2)n1. The van der Waals surface area contributed by atoms with Gasteiger partial charge < -0.3 is 10.3 Å². The summed E-state index contributed by atoms with van der Waals surface area (Å²) in [6.45, 7) is 4.20. The third-order valence-electron chi connectivity index (χ3n) is 3.56. The van der Waals surface area contributed by atoms with E-state index in [1.54, 1.807) is 0 Å². The molecule has 1 saturated heterocycles. The van der Waals surface area contributed by atoms with Gasteiger partial charge in [0.25, 0.3) is 0 Å². The number of aryl methyl sites for hydroxylation is 1. The van der Waals surface area contributed by atoms with Crippen molar-refractivity contribution in [3.63, 3.8) is 0 Å². The lowest BCUT2D eigenvalue weighted by Gasteiger charge is -2.22. The average Bonchev–Trinajstić information content (AvgIpc) is 2.72. The van der Waals surface area contributed by atoms with E-state index in [9.17, 15) is 0 Å². The minimum atomic E-state index is 0.701. The number of nitrogen functional groups attached to an aromatic ring is 1. The molecule has 3 N–H and O–H groups in total. The Morgan fingerprint density at radius 1 is 1.42 bits per heavy atom. The first-order valence-corrected chi connectivity index (χ1v) is 8.18. The van der Waals surface area contributed by atoms with Crippen LogP contribution < -0.4 is 16.2 Å². The molecule has 1 atom stereocenters. The van der Waals surface area contributed by atoms with Crippen LogP contribution in [0.2, 0.25) is 0 Å². The molecule has 1 aliphatic heterocycles. The number of anilines is 2. The molecule has 19 heavy (non-hydrogen) atoms. The molecular formula is C13H23N5S. The zero-order chi connectivity index (χ0) is 13.7. The third kappa shape index (κ3) is 3.73. The van der Waals surface area contributed by atoms with Gasteiger partial charge in [0.2, 0.25) is 0 Å². The average molecular weight is 281 g/mol. The number of hydrogen-bond donors (Lipinski definition) is 2. The third-order valence-corrected chi connectivity index (χ3v) is 4.69. The Hall–Kier alpha value is -1.01. The van der Waals surface area contributed by atoms with Crippen LogP contribution in [0.5, 0.6) is 0 Å². The van der Waals surface area contributed by atoms with Gasteiger partial charge in [-0.2, -0.15) is 11.8 Å². The summed E-state index contributed by atoms with van der Waals surface area (Å²) >= 11 is 1.98. The van der Waals surface area contributed by atoms with Crippen molar-refractivity contribution in [2.24, 2.45) is 5.84 Å². The lowest BCUT2D eigenvalue weighted by molar-refractivity contribution is 0.745. The van der Waals surface area contributed by atoms with Crippen molar-refractivity contribution < 1.29 is 0 Å². The van der Waals surface area contributed by atoms with Crippen LogP contribution in [0.15, 0.2) is 6.07 Å². The molecule has 2 heterocycles. The maximum atomic E-state index is 5.48. The van der Waals surface area contributed by atoms with Crippen molar-refractivity contribution in [3.8, 4) is 0 Å². The van der Waals surface area contributed by atoms with Crippen LogP contribution in [0.25, 0.3) is 0 Å². The van der Waals surface area contributed by atoms with Crippen molar-refractivity contribution in [2.75, 3.05) is 29.7 Å². The number of nitrogens with one attached hydrogen (secondary N) is 1. The Morgan fingerprint density at radius 3 is 2.95 bits per heavy atom. The van der Waals surface area contributed by atoms with Gasteiger partial charge in [-0.25, -0.2) is 15.8 Å². The number of nitrogens with zero attached hydrogens (tertiary/aromatic N) is 3. The van der Waals surface area contributed by atoms with Crippen LogP contribution in [0.4, 0.5) is 11.6 Å². The summed E-state index contributed by atoms with van der Waals surface area (Å²) in [6.07, 6.45) is 6.77. The Balaban J connectivity index is 2.16. The van der Waals surface area contributed by atoms with E-state index >= 15 is 0 Å². The van der Waals surface area contributed by atoms with Crippen LogP contribution in [-0.2, 0) is 6.42 Å². The topological polar surface area (TPSA) is 67.1 Å². The number of hydrazine groups is 1. The standard InChI is InChI=1S/C13H23N5S/c1-3-11-15-12(17-14)9-13(16-11)18-7-4-5-10(19-2)6-8-18/h9-10H,3-8,14H2,1-2H3,(H,15,16,17). The first-order chi connectivity index (χ1) is 9.26. The number of hydrogen-bond acceptors (Lipinski definition) is 6. The molecule has 5 nitrogen and oxygen atoms in total. The number of aromatic nitrogens is 2. The molecule has 0 spiro atoms. The number of thioether (sulfide) groups is 1. The van der Waals surface area contributed by atoms with E-state index in [1.807, 2.05) is 17.8 Å². The van der Waals surface area contributed by atoms with Gasteiger partial charge in [-0.05, 0) is 25.5 Å². The van der Waals surface area contributed by atoms with Gasteiger partial charge in [-0.15, -0.1) is 0 Å². The van der Waals surface area contributed by atoms with E-state index < -0.39 is 0 Å². The summed E-state index contributed by atoms with van der Waals surface area (Å²) in [5, 5.41) is 0.782. The predicted octanol–water partition coefficient (Wildman–Crippen LogP) is 2.05. The van der Waals surface area contributed by atoms with Gasteiger partial charge in [0.1, 0.15) is 17.5 Å². The lowest BCUT2D eigenvalue weighted by Crippen LogP contribution is -2.26. The zero-order valence-corrected chi connectivity index (χ0v) is 12.5. The molecule has 0 amide bonds. The fourth-order valence-electron chi connectivity index (χ4n) is 2.41. The van der Waals surface area contributed by atoms with Crippen molar-refractivity contribution in [2.45, 2.75) is 37.9 Å². The maximum absolute atomic E-state index is 5.48. The molecule has 0 saturated carbocycles. The van der Waals surface area contributed by atoms with Gasteiger partial charge in [0, 0.05) is 30.8 Å².